The summed E-state index contributed by atoms with van der Waals surface area (Å²) in [6.45, 7) is 0. The Kier molecular flexibility index (Phi) is 3.98. The average molecular weight is 323 g/mol. The van der Waals surface area contributed by atoms with E-state index in [0.29, 0.717) is 22.3 Å². The van der Waals surface area contributed by atoms with Crippen LogP contribution in [0.25, 0.3) is 11.0 Å². The van der Waals surface area contributed by atoms with Crippen molar-refractivity contribution < 1.29 is 14.0 Å². The molecule has 7 heteroatoms. The predicted octanol–water partition coefficient (Wildman–Crippen LogP) is 2.54. The van der Waals surface area contributed by atoms with Crippen molar-refractivity contribution in [3.05, 3.63) is 70.6 Å². The maximum absolute atomic E-state index is 12.3. The molecule has 4 N–H and O–H groups in total. The molecule has 120 valence electrons. The van der Waals surface area contributed by atoms with Crippen LogP contribution in [0.4, 0.5) is 16.2 Å². The number of carbonyl (C=O) groups is 2. The lowest BCUT2D eigenvalue weighted by Gasteiger charge is -2.07. The van der Waals surface area contributed by atoms with E-state index in [0.717, 1.165) is 6.07 Å². The van der Waals surface area contributed by atoms with Crippen LogP contribution in [-0.2, 0) is 0 Å². The van der Waals surface area contributed by atoms with Gasteiger partial charge in [-0.2, -0.15) is 0 Å². The summed E-state index contributed by atoms with van der Waals surface area (Å²) in [6, 6.07) is 13.5. The second kappa shape index (κ2) is 6.25. The minimum atomic E-state index is -0.709. The normalized spacial score (nSPS) is 10.3. The highest BCUT2D eigenvalue weighted by Gasteiger charge is 2.12. The van der Waals surface area contributed by atoms with Gasteiger partial charge >= 0.3 is 6.03 Å². The Balaban J connectivity index is 1.87. The fraction of sp³-hybridized carbons (Fsp3) is 0. The predicted molar refractivity (Wildman–Crippen MR) is 90.1 cm³/mol. The molecule has 3 rings (SSSR count). The van der Waals surface area contributed by atoms with Crippen LogP contribution in [0.5, 0.6) is 0 Å². The third-order valence-electron chi connectivity index (χ3n) is 3.25. The van der Waals surface area contributed by atoms with Gasteiger partial charge in [0.15, 0.2) is 11.2 Å². The van der Waals surface area contributed by atoms with Crippen molar-refractivity contribution in [1.82, 2.24) is 0 Å². The first-order chi connectivity index (χ1) is 11.5. The summed E-state index contributed by atoms with van der Waals surface area (Å²) in [5, 5.41) is 5.41. The zero-order valence-electron chi connectivity index (χ0n) is 12.4. The number of nitrogens with one attached hydrogen (secondary N) is 2. The molecule has 3 amide bonds. The molecule has 7 nitrogen and oxygen atoms in total. The number of fused-ring (bicyclic) bond motifs is 1. The number of urea groups is 1. The Hall–Kier alpha value is -3.61. The quantitative estimate of drug-likeness (QED) is 0.687. The van der Waals surface area contributed by atoms with E-state index in [-0.39, 0.29) is 11.2 Å². The van der Waals surface area contributed by atoms with E-state index in [9.17, 15) is 14.4 Å². The molecule has 0 spiro atoms. The highest BCUT2D eigenvalue weighted by molar-refractivity contribution is 6.03. The monoisotopic (exact) mass is 323 g/mol. The van der Waals surface area contributed by atoms with E-state index < -0.39 is 11.9 Å². The molecule has 0 radical (unpaired) electrons. The number of carbonyl (C=O) groups excluding carboxylic acids is 2. The third-order valence-corrected chi connectivity index (χ3v) is 3.25. The van der Waals surface area contributed by atoms with E-state index >= 15 is 0 Å². The van der Waals surface area contributed by atoms with Crippen molar-refractivity contribution >= 4 is 34.3 Å². The second-order valence-corrected chi connectivity index (χ2v) is 5.00. The molecule has 3 aromatic rings. The number of amides is 3. The van der Waals surface area contributed by atoms with Crippen molar-refractivity contribution in [2.45, 2.75) is 0 Å². The van der Waals surface area contributed by atoms with Crippen molar-refractivity contribution in [3.63, 3.8) is 0 Å². The molecule has 0 saturated carbocycles. The maximum atomic E-state index is 12.3. The molecule has 24 heavy (non-hydrogen) atoms. The molecule has 1 aromatic heterocycles. The Morgan fingerprint density at radius 2 is 1.62 bits per heavy atom. The number of para-hydroxylation sites is 1. The first kappa shape index (κ1) is 15.3. The van der Waals surface area contributed by atoms with Gasteiger partial charge < -0.3 is 20.8 Å². The molecule has 1 heterocycles. The number of hydrogen-bond acceptors (Lipinski definition) is 4. The number of primary amides is 1. The van der Waals surface area contributed by atoms with Gasteiger partial charge in [-0.3, -0.25) is 9.59 Å². The Bertz CT molecular complexity index is 994. The minimum Gasteiger partial charge on any atom is -0.451 e. The van der Waals surface area contributed by atoms with Crippen molar-refractivity contribution in [3.8, 4) is 0 Å². The molecule has 0 atom stereocenters. The number of nitrogens with two attached hydrogens (primary N) is 1. The minimum absolute atomic E-state index is 0.105. The molecule has 0 aliphatic carbocycles. The lowest BCUT2D eigenvalue weighted by atomic mass is 10.2. The summed E-state index contributed by atoms with van der Waals surface area (Å²) in [6.07, 6.45) is 0. The number of anilines is 2. The van der Waals surface area contributed by atoms with Crippen LogP contribution in [0.2, 0.25) is 0 Å². The molecule has 2 aromatic carbocycles. The van der Waals surface area contributed by atoms with Crippen LogP contribution in [0.1, 0.15) is 10.6 Å². The fourth-order valence-corrected chi connectivity index (χ4v) is 2.23. The van der Waals surface area contributed by atoms with Gasteiger partial charge in [0.25, 0.3) is 5.91 Å². The fourth-order valence-electron chi connectivity index (χ4n) is 2.23. The first-order valence-corrected chi connectivity index (χ1v) is 7.04. The van der Waals surface area contributed by atoms with Crippen LogP contribution in [0.3, 0.4) is 0 Å². The zero-order valence-corrected chi connectivity index (χ0v) is 12.4. The van der Waals surface area contributed by atoms with Crippen LogP contribution in [0, 0.1) is 0 Å². The molecular weight excluding hydrogens is 310 g/mol. The molecule has 0 unspecified atom stereocenters. The van der Waals surface area contributed by atoms with E-state index in [1.54, 1.807) is 42.5 Å². The van der Waals surface area contributed by atoms with Gasteiger partial charge in [0.05, 0.1) is 5.39 Å². The average Bonchev–Trinajstić information content (AvgIpc) is 2.54. The van der Waals surface area contributed by atoms with Crippen molar-refractivity contribution in [2.75, 3.05) is 10.6 Å². The number of benzene rings is 2. The van der Waals surface area contributed by atoms with Crippen LogP contribution < -0.4 is 21.8 Å². The van der Waals surface area contributed by atoms with Gasteiger partial charge in [-0.15, -0.1) is 0 Å². The largest absolute Gasteiger partial charge is 0.451 e. The summed E-state index contributed by atoms with van der Waals surface area (Å²) in [5.74, 6) is -0.680. The Morgan fingerprint density at radius 3 is 2.38 bits per heavy atom. The highest BCUT2D eigenvalue weighted by Crippen LogP contribution is 2.17. The summed E-state index contributed by atoms with van der Waals surface area (Å²) in [4.78, 5) is 35.2. The lowest BCUT2D eigenvalue weighted by molar-refractivity contribution is 0.0997. The summed E-state index contributed by atoms with van der Waals surface area (Å²) >= 11 is 0. The van der Waals surface area contributed by atoms with Crippen LogP contribution in [-0.4, -0.2) is 11.9 Å². The lowest BCUT2D eigenvalue weighted by Crippen LogP contribution is -2.19. The van der Waals surface area contributed by atoms with Crippen LogP contribution >= 0.6 is 0 Å². The second-order valence-electron chi connectivity index (χ2n) is 5.00. The highest BCUT2D eigenvalue weighted by atomic mass is 16.3. The molecule has 0 aliphatic heterocycles. The van der Waals surface area contributed by atoms with Gasteiger partial charge in [0, 0.05) is 17.4 Å². The SMILES string of the molecule is NC(=O)Nc1cccc(NC(=O)c2cc(=O)c3ccccc3o2)c1. The summed E-state index contributed by atoms with van der Waals surface area (Å²) in [5.41, 5.74) is 5.93. The standard InChI is InChI=1S/C17H13N3O4/c18-17(23)20-11-5-3-4-10(8-11)19-16(22)15-9-13(21)12-6-1-2-7-14(12)24-15/h1-9H,(H,19,22)(H3,18,20,23). The Morgan fingerprint density at radius 1 is 0.917 bits per heavy atom. The van der Waals surface area contributed by atoms with Gasteiger partial charge in [0.1, 0.15) is 5.58 Å². The van der Waals surface area contributed by atoms with Gasteiger partial charge in [-0.1, -0.05) is 18.2 Å². The maximum Gasteiger partial charge on any atom is 0.316 e. The molecule has 0 bridgehead atoms. The van der Waals surface area contributed by atoms with Crippen molar-refractivity contribution in [1.29, 1.82) is 0 Å². The van der Waals surface area contributed by atoms with Crippen molar-refractivity contribution in [2.24, 2.45) is 5.73 Å². The van der Waals surface area contributed by atoms with E-state index in [4.69, 9.17) is 10.2 Å². The smallest absolute Gasteiger partial charge is 0.316 e. The summed E-state index contributed by atoms with van der Waals surface area (Å²) < 4.78 is 5.47. The van der Waals surface area contributed by atoms with E-state index in [1.165, 1.54) is 6.07 Å². The first-order valence-electron chi connectivity index (χ1n) is 7.04. The van der Waals surface area contributed by atoms with Crippen LogP contribution in [0.15, 0.2) is 63.8 Å². The Labute approximate surface area is 136 Å². The number of hydrogen-bond donors (Lipinski definition) is 3. The molecule has 0 saturated heterocycles. The molecular formula is C17H13N3O4. The topological polar surface area (TPSA) is 114 Å². The van der Waals surface area contributed by atoms with Gasteiger partial charge in [0.2, 0.25) is 0 Å². The third kappa shape index (κ3) is 3.25. The zero-order chi connectivity index (χ0) is 17.1. The summed E-state index contributed by atoms with van der Waals surface area (Å²) in [7, 11) is 0. The number of rotatable bonds is 3. The molecule has 0 aliphatic rings. The van der Waals surface area contributed by atoms with Gasteiger partial charge in [-0.25, -0.2) is 4.79 Å². The van der Waals surface area contributed by atoms with E-state index in [1.807, 2.05) is 0 Å². The van der Waals surface area contributed by atoms with E-state index in [2.05, 4.69) is 10.6 Å². The van der Waals surface area contributed by atoms with Gasteiger partial charge in [-0.05, 0) is 30.3 Å². The molecule has 0 fully saturated rings.